The highest BCUT2D eigenvalue weighted by Gasteiger charge is 2.30. The highest BCUT2D eigenvalue weighted by molar-refractivity contribution is 7.18. The smallest absolute Gasteiger partial charge is 0.263 e. The van der Waals surface area contributed by atoms with E-state index in [4.69, 9.17) is 18.8 Å². The van der Waals surface area contributed by atoms with Gasteiger partial charge >= 0.3 is 0 Å². The van der Waals surface area contributed by atoms with Gasteiger partial charge in [0.2, 0.25) is 0 Å². The van der Waals surface area contributed by atoms with E-state index in [2.05, 4.69) is 29.2 Å². The average Bonchev–Trinajstić information content (AvgIpc) is 3.42. The van der Waals surface area contributed by atoms with Gasteiger partial charge < -0.3 is 8.83 Å². The fourth-order valence-electron chi connectivity index (χ4n) is 3.75. The fraction of sp³-hybridized carbons (Fsp3) is 0.333. The van der Waals surface area contributed by atoms with Gasteiger partial charge in [-0.15, -0.1) is 11.3 Å². The Balaban J connectivity index is 1.40. The maximum absolute atomic E-state index is 5.87. The molecule has 0 saturated carbocycles. The first-order valence-corrected chi connectivity index (χ1v) is 10.1. The van der Waals surface area contributed by atoms with E-state index in [0.717, 1.165) is 42.2 Å². The first-order chi connectivity index (χ1) is 13.2. The van der Waals surface area contributed by atoms with E-state index in [-0.39, 0.29) is 0 Å². The molecule has 138 valence electrons. The number of nitrogens with zero attached hydrogens (tertiary/aromatic N) is 3. The van der Waals surface area contributed by atoms with Crippen molar-refractivity contribution in [2.75, 3.05) is 6.54 Å². The number of aromatic nitrogens is 2. The Bertz CT molecular complexity index is 1060. The molecule has 6 heteroatoms. The summed E-state index contributed by atoms with van der Waals surface area (Å²) in [4.78, 5) is 12.1. The number of rotatable bonds is 4. The highest BCUT2D eigenvalue weighted by atomic mass is 32.1. The molecule has 27 heavy (non-hydrogen) atoms. The lowest BCUT2D eigenvalue weighted by Crippen LogP contribution is -2.23. The van der Waals surface area contributed by atoms with Gasteiger partial charge in [-0.25, -0.2) is 9.97 Å². The maximum Gasteiger partial charge on any atom is 0.263 e. The molecule has 1 saturated heterocycles. The summed E-state index contributed by atoms with van der Waals surface area (Å²) in [6, 6.07) is 12.6. The number of hydrogen-bond donors (Lipinski definition) is 0. The molecule has 4 heterocycles. The Labute approximate surface area is 161 Å². The van der Waals surface area contributed by atoms with Gasteiger partial charge in [-0.2, -0.15) is 0 Å². The number of benzene rings is 1. The number of thiazole rings is 1. The standard InChI is InChI=1S/C21H21N3O2S/c1-13-9-10-18(25-13)20-22-16(14(2)26-20)12-24-11-5-7-17(24)21-23-15-6-3-4-8-19(15)27-21/h3-4,6,8-10,17H,5,7,11-12H2,1-2H3/t17-/m0/s1. The Morgan fingerprint density at radius 3 is 2.81 bits per heavy atom. The molecule has 0 aliphatic carbocycles. The lowest BCUT2D eigenvalue weighted by atomic mass is 10.2. The first-order valence-electron chi connectivity index (χ1n) is 9.30. The van der Waals surface area contributed by atoms with Crippen LogP contribution in [0.4, 0.5) is 0 Å². The molecule has 0 bridgehead atoms. The molecule has 0 radical (unpaired) electrons. The lowest BCUT2D eigenvalue weighted by molar-refractivity contribution is 0.244. The number of oxazole rings is 1. The van der Waals surface area contributed by atoms with Crippen LogP contribution in [0.1, 0.15) is 41.1 Å². The second-order valence-corrected chi connectivity index (χ2v) is 8.14. The quantitative estimate of drug-likeness (QED) is 0.469. The topological polar surface area (TPSA) is 55.3 Å². The van der Waals surface area contributed by atoms with Crippen molar-refractivity contribution in [1.29, 1.82) is 0 Å². The zero-order valence-corrected chi connectivity index (χ0v) is 16.3. The minimum Gasteiger partial charge on any atom is -0.456 e. The second-order valence-electron chi connectivity index (χ2n) is 7.08. The van der Waals surface area contributed by atoms with Gasteiger partial charge in [-0.3, -0.25) is 4.90 Å². The maximum atomic E-state index is 5.87. The third-order valence-electron chi connectivity index (χ3n) is 5.16. The first kappa shape index (κ1) is 16.7. The molecule has 5 nitrogen and oxygen atoms in total. The van der Waals surface area contributed by atoms with Gasteiger partial charge in [0.05, 0.1) is 22.0 Å². The average molecular weight is 379 g/mol. The van der Waals surface area contributed by atoms with Gasteiger partial charge in [0.1, 0.15) is 16.5 Å². The van der Waals surface area contributed by atoms with E-state index < -0.39 is 0 Å². The normalized spacial score (nSPS) is 17.9. The zero-order chi connectivity index (χ0) is 18.4. The number of para-hydroxylation sites is 1. The van der Waals surface area contributed by atoms with Crippen LogP contribution in [-0.4, -0.2) is 21.4 Å². The van der Waals surface area contributed by atoms with Crippen LogP contribution in [0.15, 0.2) is 45.2 Å². The molecule has 1 aromatic carbocycles. The third-order valence-corrected chi connectivity index (χ3v) is 6.29. The second kappa shape index (κ2) is 6.62. The van der Waals surface area contributed by atoms with Crippen molar-refractivity contribution >= 4 is 21.6 Å². The van der Waals surface area contributed by atoms with E-state index >= 15 is 0 Å². The van der Waals surface area contributed by atoms with E-state index in [1.54, 1.807) is 11.3 Å². The van der Waals surface area contributed by atoms with Gasteiger partial charge in [0, 0.05) is 6.54 Å². The van der Waals surface area contributed by atoms with Gasteiger partial charge in [-0.05, 0) is 57.5 Å². The SMILES string of the molecule is Cc1ccc(-c2nc(CN3CCC[C@H]3c3nc4ccccc4s3)c(C)o2)o1. The minimum atomic E-state index is 0.354. The van der Waals surface area contributed by atoms with Gasteiger partial charge in [0.25, 0.3) is 5.89 Å². The molecular formula is C21H21N3O2S. The van der Waals surface area contributed by atoms with Crippen LogP contribution in [0, 0.1) is 13.8 Å². The number of hydrogen-bond acceptors (Lipinski definition) is 6. The monoisotopic (exact) mass is 379 g/mol. The van der Waals surface area contributed by atoms with Gasteiger partial charge in [0.15, 0.2) is 5.76 Å². The van der Waals surface area contributed by atoms with Crippen LogP contribution in [0.3, 0.4) is 0 Å². The number of furan rings is 1. The molecule has 1 aliphatic rings. The molecular weight excluding hydrogens is 358 g/mol. The molecule has 0 spiro atoms. The molecule has 1 aliphatic heterocycles. The molecule has 1 atom stereocenters. The van der Waals surface area contributed by atoms with Crippen LogP contribution < -0.4 is 0 Å². The summed E-state index contributed by atoms with van der Waals surface area (Å²) in [5, 5.41) is 1.21. The van der Waals surface area contributed by atoms with Crippen molar-refractivity contribution in [3.63, 3.8) is 0 Å². The highest BCUT2D eigenvalue weighted by Crippen LogP contribution is 2.37. The molecule has 1 fully saturated rings. The number of likely N-dealkylation sites (tertiary alicyclic amines) is 1. The summed E-state index contributed by atoms with van der Waals surface area (Å²) in [5.41, 5.74) is 2.07. The van der Waals surface area contributed by atoms with Crippen molar-refractivity contribution in [3.8, 4) is 11.7 Å². The van der Waals surface area contributed by atoms with Crippen molar-refractivity contribution in [2.45, 2.75) is 39.3 Å². The predicted molar refractivity (Wildman–Crippen MR) is 106 cm³/mol. The summed E-state index contributed by atoms with van der Waals surface area (Å²) >= 11 is 1.81. The van der Waals surface area contributed by atoms with Crippen molar-refractivity contribution in [2.24, 2.45) is 0 Å². The number of fused-ring (bicyclic) bond motifs is 1. The Hall–Kier alpha value is -2.44. The third kappa shape index (κ3) is 3.09. The lowest BCUT2D eigenvalue weighted by Gasteiger charge is -2.21. The van der Waals surface area contributed by atoms with E-state index in [0.29, 0.717) is 17.7 Å². The van der Waals surface area contributed by atoms with Gasteiger partial charge in [-0.1, -0.05) is 12.1 Å². The fourth-order valence-corrected chi connectivity index (χ4v) is 4.89. The van der Waals surface area contributed by atoms with Crippen molar-refractivity contribution < 1.29 is 8.83 Å². The molecule has 4 aromatic rings. The molecule has 0 amide bonds. The van der Waals surface area contributed by atoms with Crippen LogP contribution >= 0.6 is 11.3 Å². The van der Waals surface area contributed by atoms with Crippen molar-refractivity contribution in [3.05, 3.63) is 58.6 Å². The molecule has 3 aromatic heterocycles. The molecule has 0 unspecified atom stereocenters. The molecule has 5 rings (SSSR count). The molecule has 0 N–H and O–H groups in total. The van der Waals surface area contributed by atoms with Crippen LogP contribution in [0.25, 0.3) is 21.9 Å². The van der Waals surface area contributed by atoms with E-state index in [1.165, 1.54) is 16.1 Å². The Morgan fingerprint density at radius 2 is 2.00 bits per heavy atom. The van der Waals surface area contributed by atoms with E-state index in [1.807, 2.05) is 26.0 Å². The Morgan fingerprint density at radius 1 is 1.11 bits per heavy atom. The summed E-state index contributed by atoms with van der Waals surface area (Å²) < 4.78 is 12.8. The van der Waals surface area contributed by atoms with Crippen LogP contribution in [0.5, 0.6) is 0 Å². The Kier molecular flexibility index (Phi) is 4.10. The summed E-state index contributed by atoms with van der Waals surface area (Å²) in [7, 11) is 0. The zero-order valence-electron chi connectivity index (χ0n) is 15.4. The number of aryl methyl sites for hydroxylation is 2. The summed E-state index contributed by atoms with van der Waals surface area (Å²) in [6.07, 6.45) is 2.32. The minimum absolute atomic E-state index is 0.354. The summed E-state index contributed by atoms with van der Waals surface area (Å²) in [6.45, 7) is 5.73. The van der Waals surface area contributed by atoms with Crippen LogP contribution in [0.2, 0.25) is 0 Å². The summed E-state index contributed by atoms with van der Waals surface area (Å²) in [5.74, 6) is 2.96. The van der Waals surface area contributed by atoms with E-state index in [9.17, 15) is 0 Å². The van der Waals surface area contributed by atoms with Crippen molar-refractivity contribution in [1.82, 2.24) is 14.9 Å². The predicted octanol–water partition coefficient (Wildman–Crippen LogP) is 5.50. The largest absolute Gasteiger partial charge is 0.456 e. The van der Waals surface area contributed by atoms with Crippen LogP contribution in [-0.2, 0) is 6.54 Å².